The number of carboxylic acid groups (broad SMARTS) is 1. The van der Waals surface area contributed by atoms with Gasteiger partial charge in [0.15, 0.2) is 11.5 Å². The fourth-order valence-electron chi connectivity index (χ4n) is 1.34. The van der Waals surface area contributed by atoms with Crippen LogP contribution >= 0.6 is 23.1 Å². The lowest BCUT2D eigenvalue weighted by Crippen LogP contribution is -2.03. The molecule has 2 heterocycles. The summed E-state index contributed by atoms with van der Waals surface area (Å²) in [4.78, 5) is 20.3. The lowest BCUT2D eigenvalue weighted by Gasteiger charge is -2.03. The summed E-state index contributed by atoms with van der Waals surface area (Å²) >= 11 is 2.92. The first-order valence-corrected chi connectivity index (χ1v) is 6.93. The fourth-order valence-corrected chi connectivity index (χ4v) is 2.61. The Morgan fingerprint density at radius 2 is 2.24 bits per heavy atom. The smallest absolute Gasteiger partial charge is 0.354 e. The average Bonchev–Trinajstić information content (AvgIpc) is 2.74. The predicted molar refractivity (Wildman–Crippen MR) is 68.8 cm³/mol. The van der Waals surface area contributed by atoms with Crippen LogP contribution in [-0.4, -0.2) is 27.3 Å². The molecule has 0 fully saturated rings. The van der Waals surface area contributed by atoms with Crippen LogP contribution in [0.2, 0.25) is 0 Å². The van der Waals surface area contributed by atoms with Crippen molar-refractivity contribution in [3.8, 4) is 10.7 Å². The van der Waals surface area contributed by atoms with Gasteiger partial charge in [0.25, 0.3) is 0 Å². The van der Waals surface area contributed by atoms with Gasteiger partial charge in [-0.2, -0.15) is 0 Å². The molecular weight excluding hydrogens is 256 g/mol. The quantitative estimate of drug-likeness (QED) is 0.683. The van der Waals surface area contributed by atoms with Crippen LogP contribution in [0.3, 0.4) is 0 Å². The Morgan fingerprint density at radius 3 is 2.76 bits per heavy atom. The highest BCUT2D eigenvalue weighted by molar-refractivity contribution is 7.98. The molecule has 4 nitrogen and oxygen atoms in total. The van der Waals surface area contributed by atoms with Crippen LogP contribution in [0, 0.1) is 6.92 Å². The van der Waals surface area contributed by atoms with Gasteiger partial charge in [0, 0.05) is 6.07 Å². The van der Waals surface area contributed by atoms with Crippen LogP contribution in [0.5, 0.6) is 0 Å². The molecule has 0 unspecified atom stereocenters. The number of thiophene rings is 1. The molecule has 88 valence electrons. The number of carbonyl (C=O) groups is 1. The Balaban J connectivity index is 2.58. The second-order valence-electron chi connectivity index (χ2n) is 3.36. The molecule has 6 heteroatoms. The zero-order chi connectivity index (χ0) is 12.4. The highest BCUT2D eigenvalue weighted by Gasteiger charge is 2.13. The summed E-state index contributed by atoms with van der Waals surface area (Å²) in [6, 6.07) is 3.45. The number of hydrogen-bond acceptors (Lipinski definition) is 5. The van der Waals surface area contributed by atoms with Gasteiger partial charge in [0.05, 0.1) is 4.88 Å². The SMILES string of the molecule is CSc1cc(C(=O)O)nc(-c2sccc2C)n1. The molecule has 0 aliphatic carbocycles. The first-order valence-electron chi connectivity index (χ1n) is 4.82. The zero-order valence-corrected chi connectivity index (χ0v) is 10.9. The van der Waals surface area contributed by atoms with Gasteiger partial charge in [-0.3, -0.25) is 0 Å². The Kier molecular flexibility index (Phi) is 3.44. The maximum Gasteiger partial charge on any atom is 0.354 e. The van der Waals surface area contributed by atoms with Crippen molar-refractivity contribution in [3.63, 3.8) is 0 Å². The van der Waals surface area contributed by atoms with Crippen molar-refractivity contribution in [2.24, 2.45) is 0 Å². The van der Waals surface area contributed by atoms with Gasteiger partial charge < -0.3 is 5.11 Å². The summed E-state index contributed by atoms with van der Waals surface area (Å²) in [7, 11) is 0. The van der Waals surface area contributed by atoms with Gasteiger partial charge in [0.2, 0.25) is 0 Å². The molecule has 0 bridgehead atoms. The van der Waals surface area contributed by atoms with Crippen LogP contribution in [0.4, 0.5) is 0 Å². The lowest BCUT2D eigenvalue weighted by molar-refractivity contribution is 0.0690. The lowest BCUT2D eigenvalue weighted by atomic mass is 10.3. The van der Waals surface area contributed by atoms with Crippen molar-refractivity contribution in [1.29, 1.82) is 0 Å². The number of aromatic nitrogens is 2. The van der Waals surface area contributed by atoms with E-state index in [0.29, 0.717) is 10.9 Å². The zero-order valence-electron chi connectivity index (χ0n) is 9.30. The van der Waals surface area contributed by atoms with Crippen molar-refractivity contribution in [2.45, 2.75) is 11.9 Å². The summed E-state index contributed by atoms with van der Waals surface area (Å²) in [6.07, 6.45) is 1.86. The van der Waals surface area contributed by atoms with E-state index in [1.54, 1.807) is 0 Å². The normalized spacial score (nSPS) is 10.5. The van der Waals surface area contributed by atoms with Crippen molar-refractivity contribution in [3.05, 3.63) is 28.8 Å². The third-order valence-corrected chi connectivity index (χ3v) is 3.84. The standard InChI is InChI=1S/C11H10N2O2S2/c1-6-3-4-17-9(6)10-12-7(11(14)15)5-8(13-10)16-2/h3-5H,1-2H3,(H,14,15). The summed E-state index contributed by atoms with van der Waals surface area (Å²) in [5.41, 5.74) is 1.09. The van der Waals surface area contributed by atoms with Gasteiger partial charge >= 0.3 is 5.97 Å². The van der Waals surface area contributed by atoms with E-state index in [-0.39, 0.29) is 5.69 Å². The average molecular weight is 266 g/mol. The Labute approximate surface area is 107 Å². The summed E-state index contributed by atoms with van der Waals surface area (Å²) in [5, 5.41) is 11.6. The van der Waals surface area contributed by atoms with E-state index < -0.39 is 5.97 Å². The largest absolute Gasteiger partial charge is 0.477 e. The van der Waals surface area contributed by atoms with Crippen molar-refractivity contribution in [1.82, 2.24) is 9.97 Å². The highest BCUT2D eigenvalue weighted by atomic mass is 32.2. The van der Waals surface area contributed by atoms with Gasteiger partial charge in [-0.25, -0.2) is 14.8 Å². The minimum atomic E-state index is -1.03. The number of carboxylic acids is 1. The molecule has 1 N–H and O–H groups in total. The number of aromatic carboxylic acids is 1. The van der Waals surface area contributed by atoms with E-state index >= 15 is 0 Å². The first-order chi connectivity index (χ1) is 8.11. The van der Waals surface area contributed by atoms with E-state index in [1.165, 1.54) is 29.2 Å². The van der Waals surface area contributed by atoms with E-state index in [1.807, 2.05) is 24.6 Å². The third kappa shape index (κ3) is 2.48. The topological polar surface area (TPSA) is 63.1 Å². The number of rotatable bonds is 3. The second-order valence-corrected chi connectivity index (χ2v) is 5.10. The van der Waals surface area contributed by atoms with Crippen LogP contribution in [0.15, 0.2) is 22.5 Å². The molecule has 0 saturated heterocycles. The summed E-state index contributed by atoms with van der Waals surface area (Å²) < 4.78 is 0. The molecule has 0 amide bonds. The molecule has 0 radical (unpaired) electrons. The molecule has 17 heavy (non-hydrogen) atoms. The summed E-state index contributed by atoms with van der Waals surface area (Å²) in [6.45, 7) is 1.96. The maximum atomic E-state index is 11.0. The molecular formula is C11H10N2O2S2. The molecule has 0 aliphatic rings. The molecule has 0 saturated carbocycles. The van der Waals surface area contributed by atoms with Crippen LogP contribution in [-0.2, 0) is 0 Å². The molecule has 0 atom stereocenters. The molecule has 2 aromatic rings. The van der Waals surface area contributed by atoms with Gasteiger partial charge in [-0.15, -0.1) is 23.1 Å². The molecule has 2 rings (SSSR count). The fraction of sp³-hybridized carbons (Fsp3) is 0.182. The van der Waals surface area contributed by atoms with Crippen molar-refractivity contribution < 1.29 is 9.90 Å². The minimum absolute atomic E-state index is 0.0344. The number of aryl methyl sites for hydroxylation is 1. The van der Waals surface area contributed by atoms with E-state index in [2.05, 4.69) is 9.97 Å². The van der Waals surface area contributed by atoms with Crippen molar-refractivity contribution in [2.75, 3.05) is 6.26 Å². The van der Waals surface area contributed by atoms with Gasteiger partial charge in [-0.05, 0) is 30.2 Å². The Morgan fingerprint density at radius 1 is 1.47 bits per heavy atom. The van der Waals surface area contributed by atoms with Crippen LogP contribution in [0.1, 0.15) is 16.1 Å². The Bertz CT molecular complexity index is 566. The Hall–Kier alpha value is -1.40. The first kappa shape index (κ1) is 12.1. The maximum absolute atomic E-state index is 11.0. The van der Waals surface area contributed by atoms with E-state index in [4.69, 9.17) is 5.11 Å². The van der Waals surface area contributed by atoms with Crippen LogP contribution < -0.4 is 0 Å². The van der Waals surface area contributed by atoms with Gasteiger partial charge in [0.1, 0.15) is 5.03 Å². The van der Waals surface area contributed by atoms with Crippen molar-refractivity contribution >= 4 is 29.1 Å². The molecule has 0 aliphatic heterocycles. The van der Waals surface area contributed by atoms with E-state index in [9.17, 15) is 4.79 Å². The summed E-state index contributed by atoms with van der Waals surface area (Å²) in [5.74, 6) is -0.542. The third-order valence-electron chi connectivity index (χ3n) is 2.20. The monoisotopic (exact) mass is 266 g/mol. The number of thioether (sulfide) groups is 1. The van der Waals surface area contributed by atoms with E-state index in [0.717, 1.165) is 10.4 Å². The minimum Gasteiger partial charge on any atom is -0.477 e. The van der Waals surface area contributed by atoms with Gasteiger partial charge in [-0.1, -0.05) is 0 Å². The number of nitrogens with zero attached hydrogens (tertiary/aromatic N) is 2. The number of hydrogen-bond donors (Lipinski definition) is 1. The second kappa shape index (κ2) is 4.85. The molecule has 0 spiro atoms. The predicted octanol–water partition coefficient (Wildman–Crippen LogP) is 2.93. The molecule has 2 aromatic heterocycles. The van der Waals surface area contributed by atoms with Crippen LogP contribution in [0.25, 0.3) is 10.7 Å². The molecule has 0 aromatic carbocycles. The highest BCUT2D eigenvalue weighted by Crippen LogP contribution is 2.27.